The molecule has 57 heavy (non-hydrogen) atoms. The van der Waals surface area contributed by atoms with Crippen LogP contribution in [0, 0.1) is 18.8 Å². The minimum absolute atomic E-state index is 0.0553. The van der Waals surface area contributed by atoms with Crippen LogP contribution in [-0.2, 0) is 38.5 Å². The first-order valence-corrected chi connectivity index (χ1v) is 19.6. The fourth-order valence-corrected chi connectivity index (χ4v) is 6.99. The summed E-state index contributed by atoms with van der Waals surface area (Å²) in [4.78, 5) is 62.6. The highest BCUT2D eigenvalue weighted by Crippen LogP contribution is 2.22. The van der Waals surface area contributed by atoms with E-state index in [1.54, 1.807) is 25.1 Å². The number of morpholine rings is 1. The smallest absolute Gasteiger partial charge is 0.290 e. The van der Waals surface area contributed by atoms with E-state index in [0.29, 0.717) is 55.9 Å². The van der Waals surface area contributed by atoms with Crippen molar-refractivity contribution in [3.8, 4) is 5.75 Å². The molecule has 3 aliphatic rings. The molecule has 2 bridgehead atoms. The molecule has 0 saturated carbocycles. The molecule has 16 nitrogen and oxygen atoms in total. The Labute approximate surface area is 332 Å². The molecule has 1 fully saturated rings. The lowest BCUT2D eigenvalue weighted by atomic mass is 10.00. The molecule has 4 N–H and O–H groups in total. The summed E-state index contributed by atoms with van der Waals surface area (Å²) in [5, 5.41) is 20.6. The van der Waals surface area contributed by atoms with Gasteiger partial charge >= 0.3 is 0 Å². The van der Waals surface area contributed by atoms with E-state index in [9.17, 15) is 19.2 Å². The predicted octanol–water partition coefficient (Wildman–Crippen LogP) is 2.92. The average Bonchev–Trinajstić information content (AvgIpc) is 3.83. The average molecular weight is 784 g/mol. The van der Waals surface area contributed by atoms with Gasteiger partial charge in [-0.2, -0.15) is 5.10 Å². The lowest BCUT2D eigenvalue weighted by Gasteiger charge is -2.27. The van der Waals surface area contributed by atoms with Crippen LogP contribution in [0.25, 0.3) is 0 Å². The second-order valence-corrected chi connectivity index (χ2v) is 15.4. The van der Waals surface area contributed by atoms with Crippen molar-refractivity contribution in [2.24, 2.45) is 11.8 Å². The third kappa shape index (κ3) is 11.2. The van der Waals surface area contributed by atoms with Gasteiger partial charge in [-0.3, -0.25) is 19.2 Å². The number of rotatable bonds is 8. The highest BCUT2D eigenvalue weighted by molar-refractivity contribution is 5.97. The molecule has 5 heterocycles. The van der Waals surface area contributed by atoms with E-state index in [1.807, 2.05) is 61.2 Å². The quantitative estimate of drug-likeness (QED) is 0.205. The maximum Gasteiger partial charge on any atom is 0.290 e. The molecule has 3 aliphatic heterocycles. The number of carbonyl (C=O) groups excluding carboxylic acids is 4. The number of hydrogen-bond acceptors (Lipinski definition) is 11. The van der Waals surface area contributed by atoms with Gasteiger partial charge in [-0.15, -0.1) is 0 Å². The fourth-order valence-electron chi connectivity index (χ4n) is 6.99. The molecule has 4 atom stereocenters. The first-order chi connectivity index (χ1) is 27.4. The molecule has 0 aliphatic carbocycles. The van der Waals surface area contributed by atoms with Gasteiger partial charge < -0.3 is 40.2 Å². The Morgan fingerprint density at radius 2 is 1.68 bits per heavy atom. The zero-order valence-electron chi connectivity index (χ0n) is 33.2. The Bertz CT molecular complexity index is 1970. The topological polar surface area (TPSA) is 195 Å². The summed E-state index contributed by atoms with van der Waals surface area (Å²) in [5.74, 6) is 0.0436. The zero-order valence-corrected chi connectivity index (χ0v) is 33.2. The van der Waals surface area contributed by atoms with Crippen molar-refractivity contribution in [2.75, 3.05) is 37.8 Å². The molecule has 2 aromatic heterocycles. The summed E-state index contributed by atoms with van der Waals surface area (Å²) in [6, 6.07) is 15.0. The molecular weight excluding hydrogens is 731 g/mol. The minimum atomic E-state index is -1.12. The van der Waals surface area contributed by atoms with Gasteiger partial charge in [0.15, 0.2) is 11.6 Å². The molecule has 4 amide bonds. The summed E-state index contributed by atoms with van der Waals surface area (Å²) < 4.78 is 18.5. The van der Waals surface area contributed by atoms with Crippen LogP contribution in [0.2, 0.25) is 0 Å². The second kappa shape index (κ2) is 18.9. The van der Waals surface area contributed by atoms with Crippen LogP contribution in [0.5, 0.6) is 5.75 Å². The van der Waals surface area contributed by atoms with Gasteiger partial charge in [-0.1, -0.05) is 75.3 Å². The monoisotopic (exact) mass is 783 g/mol. The standard InChI is InChI=1S/C41H53N9O7/c1-25(2)19-30-24-56-31-13-11-29(12-14-31)21-32(45-41(54)34-22-35(48-57-34)49-15-17-55-18-16-49)39(52)44-33(20-28-9-7-6-8-10-28)40(53)46-37(26(3)4)38-42-27(5)47-50(38)23-36(51)43-30/h6-14,22,25-26,30,32-33,37H,15-21,23-24H2,1-5H3,(H,43,51)(H,44,52)(H,45,54)(H,46,53)/t30-,32-,33-,37-/m0/s1. The number of anilines is 1. The molecule has 16 heteroatoms. The van der Waals surface area contributed by atoms with Crippen molar-refractivity contribution in [1.82, 2.24) is 41.2 Å². The van der Waals surface area contributed by atoms with Crippen molar-refractivity contribution in [3.63, 3.8) is 0 Å². The number of fused-ring (bicyclic) bond motifs is 14. The van der Waals surface area contributed by atoms with Crippen LogP contribution in [-0.4, -0.2) is 94.6 Å². The number of hydrogen-bond donors (Lipinski definition) is 4. The number of ether oxygens (including phenoxy) is 2. The Balaban J connectivity index is 1.34. The van der Waals surface area contributed by atoms with E-state index >= 15 is 0 Å². The number of nitrogens with zero attached hydrogens (tertiary/aromatic N) is 5. The SMILES string of the molecule is Cc1nc2n(n1)CC(=O)N[C@@H](CC(C)C)COc1ccc(cc1)C[C@H](NC(=O)c1cc(N3CCOCC3)no1)C(=O)N[C@@H](Cc1ccccc1)C(=O)N[C@H]2C(C)C. The van der Waals surface area contributed by atoms with Crippen LogP contribution in [0.3, 0.4) is 0 Å². The van der Waals surface area contributed by atoms with Crippen LogP contribution in [0.1, 0.15) is 73.5 Å². The van der Waals surface area contributed by atoms with Crippen molar-refractivity contribution in [3.05, 3.63) is 89.2 Å². The number of benzene rings is 2. The van der Waals surface area contributed by atoms with E-state index in [2.05, 4.69) is 50.4 Å². The van der Waals surface area contributed by atoms with Crippen molar-refractivity contribution in [2.45, 2.75) is 84.6 Å². The molecular formula is C41H53N9O7. The van der Waals surface area contributed by atoms with E-state index in [1.165, 1.54) is 4.68 Å². The second-order valence-electron chi connectivity index (χ2n) is 15.4. The molecule has 304 valence electrons. The van der Waals surface area contributed by atoms with E-state index in [0.717, 1.165) is 11.1 Å². The zero-order chi connectivity index (χ0) is 40.5. The van der Waals surface area contributed by atoms with Crippen molar-refractivity contribution >= 4 is 29.4 Å². The Morgan fingerprint density at radius 1 is 0.947 bits per heavy atom. The number of aromatic nitrogens is 4. The third-order valence-corrected chi connectivity index (χ3v) is 9.87. The summed E-state index contributed by atoms with van der Waals surface area (Å²) in [6.07, 6.45) is 0.924. The van der Waals surface area contributed by atoms with E-state index in [4.69, 9.17) is 14.0 Å². The first kappa shape index (κ1) is 40.9. The number of carbonyl (C=O) groups is 4. The predicted molar refractivity (Wildman–Crippen MR) is 210 cm³/mol. The van der Waals surface area contributed by atoms with Gasteiger partial charge in [-0.25, -0.2) is 9.67 Å². The number of amides is 4. The van der Waals surface area contributed by atoms with Crippen LogP contribution < -0.4 is 30.9 Å². The van der Waals surface area contributed by atoms with Crippen molar-refractivity contribution in [1.29, 1.82) is 0 Å². The summed E-state index contributed by atoms with van der Waals surface area (Å²) >= 11 is 0. The van der Waals surface area contributed by atoms with Gasteiger partial charge in [0.2, 0.25) is 23.5 Å². The van der Waals surface area contributed by atoms with Gasteiger partial charge in [0.1, 0.15) is 36.8 Å². The highest BCUT2D eigenvalue weighted by atomic mass is 16.5. The molecule has 7 rings (SSSR count). The third-order valence-electron chi connectivity index (χ3n) is 9.87. The minimum Gasteiger partial charge on any atom is -0.491 e. The van der Waals surface area contributed by atoms with Gasteiger partial charge in [0.05, 0.1) is 25.3 Å². The highest BCUT2D eigenvalue weighted by Gasteiger charge is 2.33. The Kier molecular flexibility index (Phi) is 13.6. The van der Waals surface area contributed by atoms with Crippen LogP contribution >= 0.6 is 0 Å². The van der Waals surface area contributed by atoms with Gasteiger partial charge in [0, 0.05) is 32.0 Å². The molecule has 0 spiro atoms. The lowest BCUT2D eigenvalue weighted by Crippen LogP contribution is -2.55. The van der Waals surface area contributed by atoms with Gasteiger partial charge in [0.25, 0.3) is 5.91 Å². The van der Waals surface area contributed by atoms with Gasteiger partial charge in [-0.05, 0) is 48.4 Å². The van der Waals surface area contributed by atoms with E-state index in [-0.39, 0.29) is 55.5 Å². The molecule has 0 radical (unpaired) electrons. The van der Waals surface area contributed by atoms with Crippen LogP contribution in [0.4, 0.5) is 5.82 Å². The normalized spacial score (nSPS) is 21.3. The Morgan fingerprint density at radius 3 is 2.39 bits per heavy atom. The van der Waals surface area contributed by atoms with E-state index < -0.39 is 35.8 Å². The Hall–Kier alpha value is -5.77. The number of aryl methyl sites for hydroxylation is 1. The fraction of sp³-hybridized carbons (Fsp3) is 0.488. The summed E-state index contributed by atoms with van der Waals surface area (Å²) in [7, 11) is 0. The number of nitrogens with one attached hydrogen (secondary N) is 4. The first-order valence-electron chi connectivity index (χ1n) is 19.6. The van der Waals surface area contributed by atoms with Crippen LogP contribution in [0.15, 0.2) is 65.2 Å². The molecule has 0 unspecified atom stereocenters. The molecule has 2 aromatic carbocycles. The lowest BCUT2D eigenvalue weighted by molar-refractivity contribution is -0.130. The molecule has 1 saturated heterocycles. The summed E-state index contributed by atoms with van der Waals surface area (Å²) in [6.45, 7) is 12.1. The maximum atomic E-state index is 14.4. The largest absolute Gasteiger partial charge is 0.491 e. The summed E-state index contributed by atoms with van der Waals surface area (Å²) in [5.41, 5.74) is 1.54. The van der Waals surface area contributed by atoms with Crippen molar-refractivity contribution < 1.29 is 33.2 Å². The molecule has 4 aromatic rings. The maximum absolute atomic E-state index is 14.4.